The van der Waals surface area contributed by atoms with Crippen molar-refractivity contribution in [3.63, 3.8) is 0 Å². The fourth-order valence-corrected chi connectivity index (χ4v) is 1.26. The molecule has 0 fully saturated rings. The Morgan fingerprint density at radius 1 is 1.43 bits per heavy atom. The van der Waals surface area contributed by atoms with Crippen molar-refractivity contribution in [1.29, 1.82) is 0 Å². The maximum absolute atomic E-state index is 5.43. The van der Waals surface area contributed by atoms with Crippen LogP contribution in [0.4, 0.5) is 0 Å². The Kier molecular flexibility index (Phi) is 9.00. The fraction of sp³-hybridized carbons (Fsp3) is 0.833. The van der Waals surface area contributed by atoms with E-state index in [-0.39, 0.29) is 0 Å². The third-order valence-electron chi connectivity index (χ3n) is 2.61. The minimum Gasteiger partial charge on any atom is -0.377 e. The summed E-state index contributed by atoms with van der Waals surface area (Å²) in [5, 5.41) is 0. The van der Waals surface area contributed by atoms with Crippen LogP contribution in [0, 0.1) is 0 Å². The van der Waals surface area contributed by atoms with E-state index in [0.29, 0.717) is 6.04 Å². The van der Waals surface area contributed by atoms with Crippen molar-refractivity contribution in [2.24, 2.45) is 0 Å². The molecule has 0 N–H and O–H groups in total. The molecule has 0 saturated heterocycles. The van der Waals surface area contributed by atoms with Crippen LogP contribution in [0.5, 0.6) is 0 Å². The van der Waals surface area contributed by atoms with Crippen molar-refractivity contribution in [3.8, 4) is 0 Å². The third kappa shape index (κ3) is 7.10. The van der Waals surface area contributed by atoms with Gasteiger partial charge in [-0.3, -0.25) is 0 Å². The molecule has 2 nitrogen and oxygen atoms in total. The van der Waals surface area contributed by atoms with E-state index < -0.39 is 0 Å². The largest absolute Gasteiger partial charge is 0.377 e. The molecule has 14 heavy (non-hydrogen) atoms. The van der Waals surface area contributed by atoms with E-state index in [0.717, 1.165) is 26.2 Å². The molecule has 0 heterocycles. The summed E-state index contributed by atoms with van der Waals surface area (Å²) in [6, 6.07) is 0.672. The molecule has 84 valence electrons. The van der Waals surface area contributed by atoms with Crippen LogP contribution in [0.1, 0.15) is 33.6 Å². The van der Waals surface area contributed by atoms with Gasteiger partial charge in [-0.15, -0.1) is 0 Å². The van der Waals surface area contributed by atoms with E-state index >= 15 is 0 Å². The molecular weight excluding hydrogens is 174 g/mol. The van der Waals surface area contributed by atoms with E-state index in [9.17, 15) is 0 Å². The molecular formula is C12H25NO. The number of ether oxygens (including phenoxy) is 1. The molecule has 2 heteroatoms. The quantitative estimate of drug-likeness (QED) is 0.440. The second kappa shape index (κ2) is 9.22. The van der Waals surface area contributed by atoms with Crippen molar-refractivity contribution in [1.82, 2.24) is 4.90 Å². The molecule has 0 saturated carbocycles. The van der Waals surface area contributed by atoms with Crippen LogP contribution in [-0.4, -0.2) is 37.7 Å². The zero-order valence-corrected chi connectivity index (χ0v) is 10.1. The second-order valence-electron chi connectivity index (χ2n) is 3.71. The van der Waals surface area contributed by atoms with Gasteiger partial charge in [0.2, 0.25) is 0 Å². The summed E-state index contributed by atoms with van der Waals surface area (Å²) < 4.78 is 5.43. The first-order chi connectivity index (χ1) is 6.72. The van der Waals surface area contributed by atoms with Gasteiger partial charge in [-0.2, -0.15) is 0 Å². The van der Waals surface area contributed by atoms with Crippen LogP contribution in [-0.2, 0) is 4.74 Å². The Balaban J connectivity index is 3.27. The predicted octanol–water partition coefficient (Wildman–Crippen LogP) is 2.70. The summed E-state index contributed by atoms with van der Waals surface area (Å²) in [6.45, 7) is 9.25. The van der Waals surface area contributed by atoms with E-state index in [1.807, 2.05) is 19.1 Å². The lowest BCUT2D eigenvalue weighted by Gasteiger charge is -2.22. The average molecular weight is 199 g/mol. The highest BCUT2D eigenvalue weighted by atomic mass is 16.5. The Morgan fingerprint density at radius 3 is 2.71 bits per heavy atom. The smallest absolute Gasteiger partial charge is 0.0647 e. The van der Waals surface area contributed by atoms with Crippen molar-refractivity contribution >= 4 is 0 Å². The van der Waals surface area contributed by atoms with Crippen LogP contribution < -0.4 is 0 Å². The minimum atomic E-state index is 0.672. The molecule has 0 radical (unpaired) electrons. The average Bonchev–Trinajstić information content (AvgIpc) is 2.21. The molecule has 1 atom stereocenters. The fourth-order valence-electron chi connectivity index (χ4n) is 1.26. The summed E-state index contributed by atoms with van der Waals surface area (Å²) in [5.41, 5.74) is 0. The van der Waals surface area contributed by atoms with Gasteiger partial charge in [0, 0.05) is 12.6 Å². The number of hydrogen-bond donors (Lipinski definition) is 0. The molecule has 0 amide bonds. The molecule has 0 bridgehead atoms. The van der Waals surface area contributed by atoms with Gasteiger partial charge in [-0.25, -0.2) is 0 Å². The summed E-state index contributed by atoms with van der Waals surface area (Å²) in [6.07, 6.45) is 6.44. The maximum atomic E-state index is 5.43. The first-order valence-corrected chi connectivity index (χ1v) is 5.61. The SMILES string of the molecule is C/C=C\COCCCC(C)N(C)CC. The normalized spacial score (nSPS) is 14.1. The van der Waals surface area contributed by atoms with Gasteiger partial charge in [0.15, 0.2) is 0 Å². The Labute approximate surface area is 88.9 Å². The van der Waals surface area contributed by atoms with Gasteiger partial charge in [0.05, 0.1) is 6.61 Å². The lowest BCUT2D eigenvalue weighted by Crippen LogP contribution is -2.28. The van der Waals surface area contributed by atoms with Crippen molar-refractivity contribution in [2.45, 2.75) is 39.7 Å². The van der Waals surface area contributed by atoms with Crippen LogP contribution in [0.15, 0.2) is 12.2 Å². The number of rotatable bonds is 8. The van der Waals surface area contributed by atoms with Crippen LogP contribution in [0.25, 0.3) is 0 Å². The van der Waals surface area contributed by atoms with Crippen LogP contribution in [0.3, 0.4) is 0 Å². The Hall–Kier alpha value is -0.340. The van der Waals surface area contributed by atoms with Gasteiger partial charge >= 0.3 is 0 Å². The van der Waals surface area contributed by atoms with Crippen molar-refractivity contribution in [2.75, 3.05) is 26.8 Å². The lowest BCUT2D eigenvalue weighted by molar-refractivity contribution is 0.147. The van der Waals surface area contributed by atoms with Gasteiger partial charge in [0.1, 0.15) is 0 Å². The van der Waals surface area contributed by atoms with Gasteiger partial charge in [-0.05, 0) is 40.3 Å². The van der Waals surface area contributed by atoms with E-state index in [1.54, 1.807) is 0 Å². The van der Waals surface area contributed by atoms with E-state index in [1.165, 1.54) is 6.42 Å². The van der Waals surface area contributed by atoms with E-state index in [2.05, 4.69) is 25.8 Å². The number of allylic oxidation sites excluding steroid dienone is 1. The first-order valence-electron chi connectivity index (χ1n) is 5.61. The molecule has 0 aromatic carbocycles. The highest BCUT2D eigenvalue weighted by Gasteiger charge is 2.05. The summed E-state index contributed by atoms with van der Waals surface area (Å²) >= 11 is 0. The number of hydrogen-bond acceptors (Lipinski definition) is 2. The highest BCUT2D eigenvalue weighted by Crippen LogP contribution is 2.03. The molecule has 0 aromatic rings. The Morgan fingerprint density at radius 2 is 2.14 bits per heavy atom. The van der Waals surface area contributed by atoms with Gasteiger partial charge < -0.3 is 9.64 Å². The van der Waals surface area contributed by atoms with Crippen LogP contribution >= 0.6 is 0 Å². The highest BCUT2D eigenvalue weighted by molar-refractivity contribution is 4.75. The second-order valence-corrected chi connectivity index (χ2v) is 3.71. The lowest BCUT2D eigenvalue weighted by atomic mass is 10.1. The minimum absolute atomic E-state index is 0.672. The zero-order chi connectivity index (χ0) is 10.8. The van der Waals surface area contributed by atoms with Crippen molar-refractivity contribution < 1.29 is 4.74 Å². The topological polar surface area (TPSA) is 12.5 Å². The Bertz CT molecular complexity index is 145. The predicted molar refractivity (Wildman–Crippen MR) is 62.6 cm³/mol. The molecule has 0 rings (SSSR count). The summed E-state index contributed by atoms with van der Waals surface area (Å²) in [4.78, 5) is 2.37. The molecule has 0 spiro atoms. The number of nitrogens with zero attached hydrogens (tertiary/aromatic N) is 1. The third-order valence-corrected chi connectivity index (χ3v) is 2.61. The van der Waals surface area contributed by atoms with Gasteiger partial charge in [-0.1, -0.05) is 19.1 Å². The molecule has 0 aromatic heterocycles. The standard InChI is InChI=1S/C12H25NO/c1-5-7-10-14-11-8-9-12(3)13(4)6-2/h5,7,12H,6,8-11H2,1-4H3/b7-5-. The van der Waals surface area contributed by atoms with Crippen LogP contribution in [0.2, 0.25) is 0 Å². The molecule has 0 aliphatic heterocycles. The van der Waals surface area contributed by atoms with E-state index in [4.69, 9.17) is 4.74 Å². The summed E-state index contributed by atoms with van der Waals surface area (Å²) in [5.74, 6) is 0. The molecule has 1 unspecified atom stereocenters. The molecule has 0 aliphatic rings. The monoisotopic (exact) mass is 199 g/mol. The first kappa shape index (κ1) is 13.7. The summed E-state index contributed by atoms with van der Waals surface area (Å²) in [7, 11) is 2.17. The van der Waals surface area contributed by atoms with Gasteiger partial charge in [0.25, 0.3) is 0 Å². The van der Waals surface area contributed by atoms with Crippen molar-refractivity contribution in [3.05, 3.63) is 12.2 Å². The zero-order valence-electron chi connectivity index (χ0n) is 10.1. The molecule has 0 aliphatic carbocycles. The maximum Gasteiger partial charge on any atom is 0.0647 e.